The minimum Gasteiger partial charge on any atom is -0.493 e. The van der Waals surface area contributed by atoms with Gasteiger partial charge in [-0.2, -0.15) is 12.7 Å². The van der Waals surface area contributed by atoms with Crippen molar-refractivity contribution in [2.45, 2.75) is 57.8 Å². The number of hydrogen-bond donors (Lipinski definition) is 1. The Bertz CT molecular complexity index is 981. The molecule has 0 unspecified atom stereocenters. The molecule has 0 atom stereocenters. The molecule has 0 spiro atoms. The van der Waals surface area contributed by atoms with Crippen molar-refractivity contribution in [3.05, 3.63) is 41.7 Å². The first kappa shape index (κ1) is 24.6. The maximum absolute atomic E-state index is 14.8. The number of allylic oxidation sites excluding steroid dienone is 1. The monoisotopic (exact) mass is 474 g/mol. The average molecular weight is 475 g/mol. The van der Waals surface area contributed by atoms with E-state index in [1.54, 1.807) is 4.72 Å². The van der Waals surface area contributed by atoms with Crippen LogP contribution in [0.15, 0.2) is 24.8 Å². The predicted molar refractivity (Wildman–Crippen MR) is 115 cm³/mol. The number of nitrogens with zero attached hydrogens (tertiary/aromatic N) is 1. The second kappa shape index (κ2) is 9.05. The van der Waals surface area contributed by atoms with Gasteiger partial charge in [0, 0.05) is 11.5 Å². The van der Waals surface area contributed by atoms with E-state index in [1.807, 2.05) is 6.08 Å². The number of nitrogens with one attached hydrogen (secondary N) is 1. The summed E-state index contributed by atoms with van der Waals surface area (Å²) in [6.45, 7) is 6.24. The van der Waals surface area contributed by atoms with Gasteiger partial charge in [0.1, 0.15) is 11.6 Å². The van der Waals surface area contributed by atoms with Crippen molar-refractivity contribution >= 4 is 16.1 Å². The van der Waals surface area contributed by atoms with Crippen LogP contribution < -0.4 is 9.46 Å². The van der Waals surface area contributed by atoms with Gasteiger partial charge < -0.3 is 4.74 Å². The van der Waals surface area contributed by atoms with Crippen molar-refractivity contribution in [3.63, 3.8) is 0 Å². The molecule has 10 heteroatoms. The summed E-state index contributed by atoms with van der Waals surface area (Å²) in [6, 6.07) is 2.42. The molecule has 1 aromatic rings. The number of rotatable bonds is 11. The van der Waals surface area contributed by atoms with Crippen molar-refractivity contribution in [2.24, 2.45) is 5.41 Å². The zero-order valence-corrected chi connectivity index (χ0v) is 19.1. The summed E-state index contributed by atoms with van der Waals surface area (Å²) in [7, 11) is -4.48. The molecule has 1 N–H and O–H groups in total. The topological polar surface area (TPSA) is 75.7 Å². The number of carbonyl (C=O) groups is 1. The molecule has 1 saturated heterocycles. The minimum absolute atomic E-state index is 0.0971. The van der Waals surface area contributed by atoms with Crippen molar-refractivity contribution < 1.29 is 31.1 Å². The van der Waals surface area contributed by atoms with Gasteiger partial charge in [-0.3, -0.25) is 4.79 Å². The highest BCUT2D eigenvalue weighted by molar-refractivity contribution is 7.87. The van der Waals surface area contributed by atoms with Gasteiger partial charge in [0.15, 0.2) is 0 Å². The fourth-order valence-corrected chi connectivity index (χ4v) is 4.99. The zero-order chi connectivity index (χ0) is 23.7. The molecule has 32 heavy (non-hydrogen) atoms. The lowest BCUT2D eigenvalue weighted by atomic mass is 9.80. The summed E-state index contributed by atoms with van der Waals surface area (Å²) in [5.74, 6) is -4.83. The quantitative estimate of drug-likeness (QED) is 0.483. The molecule has 3 rings (SSSR count). The highest BCUT2D eigenvalue weighted by Crippen LogP contribution is 2.46. The number of halogens is 3. The molecule has 178 valence electrons. The maximum atomic E-state index is 14.8. The fourth-order valence-electron chi connectivity index (χ4n) is 3.80. The van der Waals surface area contributed by atoms with Gasteiger partial charge in [-0.05, 0) is 49.7 Å². The largest absolute Gasteiger partial charge is 0.493 e. The highest BCUT2D eigenvalue weighted by atomic mass is 32.2. The second-order valence-electron chi connectivity index (χ2n) is 8.69. The van der Waals surface area contributed by atoms with Crippen molar-refractivity contribution in [2.75, 3.05) is 19.7 Å². The smallest absolute Gasteiger partial charge is 0.304 e. The lowest BCUT2D eigenvalue weighted by Gasteiger charge is -2.37. The van der Waals surface area contributed by atoms with Crippen LogP contribution in [-0.2, 0) is 10.2 Å². The van der Waals surface area contributed by atoms with Crippen LogP contribution in [0.25, 0.3) is 0 Å². The molecule has 1 aromatic carbocycles. The molecule has 1 heterocycles. The Kier molecular flexibility index (Phi) is 6.95. The normalized spacial score (nSPS) is 18.7. The zero-order valence-electron chi connectivity index (χ0n) is 18.3. The number of carbonyl (C=O) groups excluding carboxylic acids is 1. The van der Waals surface area contributed by atoms with E-state index < -0.39 is 46.5 Å². The molecule has 2 fully saturated rings. The van der Waals surface area contributed by atoms with E-state index in [1.165, 1.54) is 6.07 Å². The van der Waals surface area contributed by atoms with E-state index >= 15 is 0 Å². The van der Waals surface area contributed by atoms with Crippen LogP contribution in [0.3, 0.4) is 0 Å². The summed E-state index contributed by atoms with van der Waals surface area (Å²) in [6.07, 6.45) is 5.98. The van der Waals surface area contributed by atoms with E-state index in [4.69, 9.17) is 4.74 Å². The number of alkyl halides is 2. The number of amides is 1. The Balaban J connectivity index is 1.80. The molecule has 6 nitrogen and oxygen atoms in total. The second-order valence-corrected chi connectivity index (χ2v) is 10.4. The van der Waals surface area contributed by atoms with E-state index in [-0.39, 0.29) is 11.3 Å². The third-order valence-corrected chi connectivity index (χ3v) is 7.73. The number of benzene rings is 1. The Morgan fingerprint density at radius 2 is 1.94 bits per heavy atom. The van der Waals surface area contributed by atoms with Gasteiger partial charge >= 0.3 is 10.2 Å². The van der Waals surface area contributed by atoms with Crippen LogP contribution >= 0.6 is 0 Å². The Morgan fingerprint density at radius 1 is 1.31 bits per heavy atom. The summed E-state index contributed by atoms with van der Waals surface area (Å²) < 4.78 is 73.2. The standard InChI is InChI=1S/C22H29F3N2O4S/c1-4-9-21(5-2,6-3)14-31-19-11-18(23)17(10-16(19)15-7-8-15)20(28)26-32(29,30)27-12-22(24,25)13-27/h4,10-11,15H,1,5-9,12-14H2,2-3H3,(H,26,28). The maximum Gasteiger partial charge on any atom is 0.304 e. The van der Waals surface area contributed by atoms with Gasteiger partial charge in [-0.25, -0.2) is 17.9 Å². The Labute approximate surface area is 187 Å². The Morgan fingerprint density at radius 3 is 2.44 bits per heavy atom. The van der Waals surface area contributed by atoms with Crippen molar-refractivity contribution in [3.8, 4) is 5.75 Å². The van der Waals surface area contributed by atoms with E-state index in [0.717, 1.165) is 38.2 Å². The van der Waals surface area contributed by atoms with Gasteiger partial charge in [-0.1, -0.05) is 19.9 Å². The molecule has 1 aliphatic carbocycles. The molecule has 2 aliphatic rings. The first-order chi connectivity index (χ1) is 15.0. The van der Waals surface area contributed by atoms with Gasteiger partial charge in [0.05, 0.1) is 25.3 Å². The number of hydrogen-bond acceptors (Lipinski definition) is 4. The first-order valence-electron chi connectivity index (χ1n) is 10.7. The molecule has 1 saturated carbocycles. The molecule has 1 aliphatic heterocycles. The average Bonchev–Trinajstić information content (AvgIpc) is 3.54. The fraction of sp³-hybridized carbons (Fsp3) is 0.591. The van der Waals surface area contributed by atoms with Gasteiger partial charge in [0.2, 0.25) is 0 Å². The molecule has 1 amide bonds. The van der Waals surface area contributed by atoms with E-state index in [2.05, 4.69) is 20.4 Å². The molecule has 0 aromatic heterocycles. The SMILES string of the molecule is C=CCC(CC)(CC)COc1cc(F)c(C(=O)NS(=O)(=O)N2CC(F)(F)C2)cc1C1CC1. The van der Waals surface area contributed by atoms with Crippen molar-refractivity contribution in [1.29, 1.82) is 0 Å². The molecule has 0 bridgehead atoms. The third kappa shape index (κ3) is 5.28. The molecular weight excluding hydrogens is 445 g/mol. The number of ether oxygens (including phenoxy) is 1. The van der Waals surface area contributed by atoms with E-state index in [9.17, 15) is 26.4 Å². The van der Waals surface area contributed by atoms with Gasteiger partial charge in [-0.15, -0.1) is 6.58 Å². The predicted octanol–water partition coefficient (Wildman–Crippen LogP) is 4.39. The van der Waals surface area contributed by atoms with Crippen molar-refractivity contribution in [1.82, 2.24) is 9.03 Å². The highest BCUT2D eigenvalue weighted by Gasteiger charge is 2.50. The lowest BCUT2D eigenvalue weighted by Crippen LogP contribution is -2.61. The van der Waals surface area contributed by atoms with Crippen LogP contribution in [0.2, 0.25) is 0 Å². The lowest BCUT2D eigenvalue weighted by molar-refractivity contribution is -0.0948. The van der Waals surface area contributed by atoms with Crippen LogP contribution in [0.4, 0.5) is 13.2 Å². The van der Waals surface area contributed by atoms with Crippen LogP contribution in [0, 0.1) is 11.2 Å². The van der Waals surface area contributed by atoms with Crippen LogP contribution in [0.1, 0.15) is 67.8 Å². The third-order valence-electron chi connectivity index (χ3n) is 6.35. The summed E-state index contributed by atoms with van der Waals surface area (Å²) in [4.78, 5) is 12.5. The summed E-state index contributed by atoms with van der Waals surface area (Å²) in [5, 5.41) is 0. The minimum atomic E-state index is -4.48. The Hall–Kier alpha value is -2.07. The molecular formula is C22H29F3N2O4S. The van der Waals surface area contributed by atoms with E-state index in [0.29, 0.717) is 22.2 Å². The van der Waals surface area contributed by atoms with Gasteiger partial charge in [0.25, 0.3) is 11.8 Å². The van der Waals surface area contributed by atoms with Crippen LogP contribution in [0.5, 0.6) is 5.75 Å². The molecule has 0 radical (unpaired) electrons. The summed E-state index contributed by atoms with van der Waals surface area (Å²) in [5.41, 5.74) is 0.0465. The summed E-state index contributed by atoms with van der Waals surface area (Å²) >= 11 is 0. The van der Waals surface area contributed by atoms with Crippen LogP contribution in [-0.4, -0.2) is 44.2 Å². The first-order valence-corrected chi connectivity index (χ1v) is 12.2.